The Morgan fingerprint density at radius 2 is 1.32 bits per heavy atom. The number of carbonyl (C=O) groups is 1. The molecule has 1 aliphatic heterocycles. The van der Waals surface area contributed by atoms with Gasteiger partial charge in [-0.1, -0.05) is 82.9 Å². The molecule has 40 heavy (non-hydrogen) atoms. The minimum absolute atomic E-state index is 0.105. The average molecular weight is 572 g/mol. The van der Waals surface area contributed by atoms with E-state index in [2.05, 4.69) is 72.6 Å². The fraction of sp³-hybridized carbons (Fsp3) is 0.206. The zero-order valence-corrected chi connectivity index (χ0v) is 24.3. The molecule has 6 heteroatoms. The molecule has 0 radical (unpaired) electrons. The van der Waals surface area contributed by atoms with Gasteiger partial charge in [-0.15, -0.1) is 0 Å². The molecule has 0 saturated carbocycles. The predicted octanol–water partition coefficient (Wildman–Crippen LogP) is 9.23. The number of nitrogens with one attached hydrogen (secondary N) is 1. The second-order valence-electron chi connectivity index (χ2n) is 10.1. The SMILES string of the molecule is CCOC(=O)C1=C(Nc2ccc(C)cc2)C[C@@H](c2ccc(Cl)cc2)N(c2ccc(C)cc2)[C@@H]1c1ccc(Cl)cc1. The number of carbonyl (C=O) groups excluding carboxylic acids is 1. The topological polar surface area (TPSA) is 41.6 Å². The van der Waals surface area contributed by atoms with E-state index in [-0.39, 0.29) is 18.6 Å². The lowest BCUT2D eigenvalue weighted by Crippen LogP contribution is -2.41. The van der Waals surface area contributed by atoms with Crippen molar-refractivity contribution in [3.8, 4) is 0 Å². The van der Waals surface area contributed by atoms with Crippen molar-refractivity contribution in [2.75, 3.05) is 16.8 Å². The Hall–Kier alpha value is -3.73. The predicted molar refractivity (Wildman–Crippen MR) is 165 cm³/mol. The van der Waals surface area contributed by atoms with Crippen LogP contribution in [0.25, 0.3) is 0 Å². The van der Waals surface area contributed by atoms with Gasteiger partial charge in [-0.05, 0) is 80.4 Å². The molecule has 0 fully saturated rings. The van der Waals surface area contributed by atoms with E-state index in [4.69, 9.17) is 27.9 Å². The van der Waals surface area contributed by atoms with Gasteiger partial charge in [0, 0.05) is 33.5 Å². The molecule has 0 aromatic heterocycles. The molecule has 0 spiro atoms. The largest absolute Gasteiger partial charge is 0.463 e. The molecule has 0 unspecified atom stereocenters. The minimum Gasteiger partial charge on any atom is -0.463 e. The van der Waals surface area contributed by atoms with Gasteiger partial charge in [0.05, 0.1) is 24.3 Å². The van der Waals surface area contributed by atoms with Crippen molar-refractivity contribution >= 4 is 40.5 Å². The summed E-state index contributed by atoms with van der Waals surface area (Å²) in [5.41, 5.74) is 7.68. The number of hydrogen-bond donors (Lipinski definition) is 1. The van der Waals surface area contributed by atoms with E-state index in [1.54, 1.807) is 0 Å². The summed E-state index contributed by atoms with van der Waals surface area (Å²) in [7, 11) is 0. The number of rotatable bonds is 7. The van der Waals surface area contributed by atoms with Crippen LogP contribution in [0.5, 0.6) is 0 Å². The van der Waals surface area contributed by atoms with Crippen LogP contribution in [-0.2, 0) is 9.53 Å². The van der Waals surface area contributed by atoms with E-state index in [0.717, 1.165) is 39.3 Å². The molecule has 1 aliphatic rings. The summed E-state index contributed by atoms with van der Waals surface area (Å²) in [6.07, 6.45) is 0.557. The number of hydrogen-bond acceptors (Lipinski definition) is 4. The van der Waals surface area contributed by atoms with Gasteiger partial charge in [-0.3, -0.25) is 0 Å². The Morgan fingerprint density at radius 1 is 0.800 bits per heavy atom. The van der Waals surface area contributed by atoms with Crippen LogP contribution in [0.2, 0.25) is 10.0 Å². The highest BCUT2D eigenvalue weighted by Crippen LogP contribution is 2.48. The number of nitrogens with zero attached hydrogens (tertiary/aromatic N) is 1. The first-order chi connectivity index (χ1) is 19.3. The van der Waals surface area contributed by atoms with Crippen LogP contribution in [0.1, 0.15) is 47.7 Å². The van der Waals surface area contributed by atoms with Crippen molar-refractivity contribution in [2.45, 2.75) is 39.3 Å². The minimum atomic E-state index is -0.443. The summed E-state index contributed by atoms with van der Waals surface area (Å²) in [4.78, 5) is 16.2. The molecular weight excluding hydrogens is 539 g/mol. The maximum Gasteiger partial charge on any atom is 0.338 e. The highest BCUT2D eigenvalue weighted by Gasteiger charge is 2.41. The molecule has 0 saturated heterocycles. The van der Waals surface area contributed by atoms with Crippen molar-refractivity contribution < 1.29 is 9.53 Å². The highest BCUT2D eigenvalue weighted by molar-refractivity contribution is 6.30. The van der Waals surface area contributed by atoms with E-state index in [9.17, 15) is 4.79 Å². The number of halogens is 2. The second kappa shape index (κ2) is 12.2. The zero-order chi connectivity index (χ0) is 28.2. The molecule has 0 aliphatic carbocycles. The van der Waals surface area contributed by atoms with Crippen LogP contribution < -0.4 is 10.2 Å². The Bertz CT molecular complexity index is 1500. The monoisotopic (exact) mass is 570 g/mol. The van der Waals surface area contributed by atoms with Crippen LogP contribution in [0.4, 0.5) is 11.4 Å². The van der Waals surface area contributed by atoms with Crippen LogP contribution in [0.15, 0.2) is 108 Å². The normalized spacial score (nSPS) is 17.1. The third-order valence-corrected chi connectivity index (χ3v) is 7.73. The summed E-state index contributed by atoms with van der Waals surface area (Å²) in [5.74, 6) is -0.344. The van der Waals surface area contributed by atoms with Crippen LogP contribution in [-0.4, -0.2) is 12.6 Å². The Labute approximate surface area is 246 Å². The smallest absolute Gasteiger partial charge is 0.338 e. The molecule has 0 amide bonds. The van der Waals surface area contributed by atoms with Crippen molar-refractivity contribution in [3.05, 3.63) is 141 Å². The highest BCUT2D eigenvalue weighted by atomic mass is 35.5. The first-order valence-electron chi connectivity index (χ1n) is 13.4. The molecule has 2 atom stereocenters. The van der Waals surface area contributed by atoms with Crippen molar-refractivity contribution in [3.63, 3.8) is 0 Å². The lowest BCUT2D eigenvalue weighted by molar-refractivity contribution is -0.139. The maximum atomic E-state index is 13.8. The van der Waals surface area contributed by atoms with Gasteiger partial charge in [0.2, 0.25) is 0 Å². The summed E-state index contributed by atoms with van der Waals surface area (Å²) < 4.78 is 5.70. The lowest BCUT2D eigenvalue weighted by Gasteiger charge is -2.46. The average Bonchev–Trinajstić information content (AvgIpc) is 2.95. The number of ether oxygens (including phenoxy) is 1. The lowest BCUT2D eigenvalue weighted by atomic mass is 9.84. The second-order valence-corrected chi connectivity index (χ2v) is 10.9. The number of benzene rings is 4. The molecule has 4 aromatic rings. The Morgan fingerprint density at radius 3 is 1.88 bits per heavy atom. The summed E-state index contributed by atoms with van der Waals surface area (Å²) >= 11 is 12.6. The van der Waals surface area contributed by atoms with E-state index >= 15 is 0 Å². The molecule has 4 aromatic carbocycles. The summed E-state index contributed by atoms with van der Waals surface area (Å²) in [6, 6.07) is 31.7. The van der Waals surface area contributed by atoms with Gasteiger partial charge in [0.15, 0.2) is 0 Å². The van der Waals surface area contributed by atoms with E-state index < -0.39 is 6.04 Å². The first kappa shape index (κ1) is 27.8. The third kappa shape index (κ3) is 6.04. The van der Waals surface area contributed by atoms with Gasteiger partial charge in [-0.2, -0.15) is 0 Å². The standard InChI is InChI=1S/C34H32Cl2N2O2/c1-4-40-34(39)32-30(37-28-17-5-22(2)6-18-28)21-31(24-9-13-26(35)14-10-24)38(29-19-7-23(3)8-20-29)33(32)25-11-15-27(36)16-12-25/h5-20,31,33,37H,4,21H2,1-3H3/t31-,33+/m0/s1. The zero-order valence-electron chi connectivity index (χ0n) is 22.8. The van der Waals surface area contributed by atoms with Crippen molar-refractivity contribution in [2.24, 2.45) is 0 Å². The van der Waals surface area contributed by atoms with Gasteiger partial charge >= 0.3 is 5.97 Å². The van der Waals surface area contributed by atoms with Gasteiger partial charge in [0.1, 0.15) is 0 Å². The fourth-order valence-electron chi connectivity index (χ4n) is 5.24. The fourth-order valence-corrected chi connectivity index (χ4v) is 5.49. The Kier molecular flexibility index (Phi) is 8.49. The molecule has 1 heterocycles. The molecule has 1 N–H and O–H groups in total. The van der Waals surface area contributed by atoms with Gasteiger partial charge in [-0.25, -0.2) is 4.79 Å². The van der Waals surface area contributed by atoms with E-state index in [1.165, 1.54) is 0 Å². The first-order valence-corrected chi connectivity index (χ1v) is 14.2. The number of anilines is 2. The van der Waals surface area contributed by atoms with E-state index in [0.29, 0.717) is 22.0 Å². The van der Waals surface area contributed by atoms with Gasteiger partial charge < -0.3 is 15.0 Å². The number of aryl methyl sites for hydroxylation is 2. The van der Waals surface area contributed by atoms with Crippen LogP contribution in [0.3, 0.4) is 0 Å². The summed E-state index contributed by atoms with van der Waals surface area (Å²) in [5, 5.41) is 4.91. The summed E-state index contributed by atoms with van der Waals surface area (Å²) in [6.45, 7) is 6.24. The molecule has 0 bridgehead atoms. The quantitative estimate of drug-likeness (QED) is 0.225. The maximum absolute atomic E-state index is 13.8. The molecular formula is C34H32Cl2N2O2. The number of esters is 1. The van der Waals surface area contributed by atoms with Crippen LogP contribution in [0, 0.1) is 13.8 Å². The van der Waals surface area contributed by atoms with E-state index in [1.807, 2.05) is 55.5 Å². The van der Waals surface area contributed by atoms with Crippen molar-refractivity contribution in [1.29, 1.82) is 0 Å². The Balaban J connectivity index is 1.77. The third-order valence-electron chi connectivity index (χ3n) is 7.22. The van der Waals surface area contributed by atoms with Gasteiger partial charge in [0.25, 0.3) is 0 Å². The van der Waals surface area contributed by atoms with Crippen LogP contribution >= 0.6 is 23.2 Å². The molecule has 5 rings (SSSR count). The van der Waals surface area contributed by atoms with Crippen molar-refractivity contribution in [1.82, 2.24) is 0 Å². The molecule has 4 nitrogen and oxygen atoms in total. The molecule has 204 valence electrons.